The number of nitrogens with zero attached hydrogens (tertiary/aromatic N) is 3. The lowest BCUT2D eigenvalue weighted by Gasteiger charge is -2.18. The summed E-state index contributed by atoms with van der Waals surface area (Å²) >= 11 is 0. The van der Waals surface area contributed by atoms with E-state index in [0.29, 0.717) is 24.9 Å². The van der Waals surface area contributed by atoms with E-state index in [0.717, 1.165) is 29.1 Å². The number of ether oxygens (including phenoxy) is 1. The monoisotopic (exact) mass is 257 g/mol. The van der Waals surface area contributed by atoms with Gasteiger partial charge in [-0.15, -0.1) is 0 Å². The lowest BCUT2D eigenvalue weighted by atomic mass is 10.1. The minimum absolute atomic E-state index is 0.496. The van der Waals surface area contributed by atoms with Crippen molar-refractivity contribution in [2.24, 2.45) is 5.84 Å². The molecular formula is C13H15N5O. The number of rotatable bonds is 2. The van der Waals surface area contributed by atoms with Crippen molar-refractivity contribution in [1.82, 2.24) is 15.0 Å². The standard InChI is InChI=1S/C13H15N5O/c1-8-3-2-4-11(15-8)13-16-10-5-6-19-7-9(10)12(17-13)18-14/h2-4H,5-7,14H2,1H3,(H,16,17,18). The maximum atomic E-state index is 5.53. The zero-order valence-corrected chi connectivity index (χ0v) is 10.7. The Morgan fingerprint density at radius 2 is 2.16 bits per heavy atom. The number of nitrogens with one attached hydrogen (secondary N) is 1. The smallest absolute Gasteiger partial charge is 0.180 e. The average molecular weight is 257 g/mol. The van der Waals surface area contributed by atoms with Crippen LogP contribution >= 0.6 is 0 Å². The van der Waals surface area contributed by atoms with Crippen LogP contribution in [0.15, 0.2) is 18.2 Å². The Morgan fingerprint density at radius 1 is 1.26 bits per heavy atom. The summed E-state index contributed by atoms with van der Waals surface area (Å²) in [6, 6.07) is 5.78. The fraction of sp³-hybridized carbons (Fsp3) is 0.308. The third kappa shape index (κ3) is 2.27. The summed E-state index contributed by atoms with van der Waals surface area (Å²) in [5.41, 5.74) is 6.23. The SMILES string of the molecule is Cc1cccc(-c2nc3c(c(NN)n2)COCC3)n1. The van der Waals surface area contributed by atoms with E-state index in [9.17, 15) is 0 Å². The van der Waals surface area contributed by atoms with E-state index in [1.807, 2.05) is 25.1 Å². The Labute approximate surface area is 111 Å². The Hall–Kier alpha value is -2.05. The second kappa shape index (κ2) is 4.91. The largest absolute Gasteiger partial charge is 0.376 e. The molecule has 0 bridgehead atoms. The highest BCUT2D eigenvalue weighted by Gasteiger charge is 2.18. The number of nitrogens with two attached hydrogens (primary N) is 1. The van der Waals surface area contributed by atoms with E-state index >= 15 is 0 Å². The van der Waals surface area contributed by atoms with Crippen molar-refractivity contribution in [3.63, 3.8) is 0 Å². The molecule has 0 saturated carbocycles. The molecular weight excluding hydrogens is 242 g/mol. The maximum absolute atomic E-state index is 5.53. The van der Waals surface area contributed by atoms with Crippen molar-refractivity contribution in [3.05, 3.63) is 35.2 Å². The van der Waals surface area contributed by atoms with Crippen LogP contribution in [0.2, 0.25) is 0 Å². The van der Waals surface area contributed by atoms with E-state index in [1.165, 1.54) is 0 Å². The summed E-state index contributed by atoms with van der Waals surface area (Å²) in [6.45, 7) is 3.11. The topological polar surface area (TPSA) is 86.0 Å². The van der Waals surface area contributed by atoms with E-state index in [-0.39, 0.29) is 0 Å². The van der Waals surface area contributed by atoms with Crippen LogP contribution in [-0.4, -0.2) is 21.6 Å². The van der Waals surface area contributed by atoms with Gasteiger partial charge in [-0.1, -0.05) is 6.07 Å². The van der Waals surface area contributed by atoms with Crippen LogP contribution < -0.4 is 11.3 Å². The molecule has 98 valence electrons. The van der Waals surface area contributed by atoms with Crippen molar-refractivity contribution in [2.45, 2.75) is 20.0 Å². The third-order valence-corrected chi connectivity index (χ3v) is 3.08. The lowest BCUT2D eigenvalue weighted by Crippen LogP contribution is -2.19. The zero-order chi connectivity index (χ0) is 13.2. The Kier molecular flexibility index (Phi) is 3.10. The first-order valence-electron chi connectivity index (χ1n) is 6.16. The highest BCUT2D eigenvalue weighted by molar-refractivity contribution is 5.56. The fourth-order valence-electron chi connectivity index (χ4n) is 2.13. The second-order valence-corrected chi connectivity index (χ2v) is 4.43. The van der Waals surface area contributed by atoms with Crippen molar-refractivity contribution < 1.29 is 4.74 Å². The fourth-order valence-corrected chi connectivity index (χ4v) is 2.13. The number of fused-ring (bicyclic) bond motifs is 1. The minimum atomic E-state index is 0.496. The average Bonchev–Trinajstić information content (AvgIpc) is 2.46. The molecule has 0 unspecified atom stereocenters. The number of pyridine rings is 1. The predicted octanol–water partition coefficient (Wildman–Crippen LogP) is 1.21. The number of hydrazine groups is 1. The molecule has 3 rings (SSSR count). The van der Waals surface area contributed by atoms with Gasteiger partial charge in [0.05, 0.1) is 18.9 Å². The van der Waals surface area contributed by atoms with Gasteiger partial charge in [-0.2, -0.15) is 0 Å². The first-order chi connectivity index (χ1) is 9.28. The maximum Gasteiger partial charge on any atom is 0.180 e. The van der Waals surface area contributed by atoms with Crippen LogP contribution in [-0.2, 0) is 17.8 Å². The summed E-state index contributed by atoms with van der Waals surface area (Å²) in [4.78, 5) is 13.5. The highest BCUT2D eigenvalue weighted by Crippen LogP contribution is 2.24. The van der Waals surface area contributed by atoms with Gasteiger partial charge < -0.3 is 10.2 Å². The first-order valence-corrected chi connectivity index (χ1v) is 6.16. The summed E-state index contributed by atoms with van der Waals surface area (Å²) in [7, 11) is 0. The number of aryl methyl sites for hydroxylation is 1. The first kappa shape index (κ1) is 12.0. The van der Waals surface area contributed by atoms with Gasteiger partial charge in [0.1, 0.15) is 11.5 Å². The van der Waals surface area contributed by atoms with Crippen LogP contribution in [0.5, 0.6) is 0 Å². The Balaban J connectivity index is 2.12. The predicted molar refractivity (Wildman–Crippen MR) is 71.2 cm³/mol. The molecule has 0 radical (unpaired) electrons. The quantitative estimate of drug-likeness (QED) is 0.621. The van der Waals surface area contributed by atoms with E-state index in [4.69, 9.17) is 10.6 Å². The zero-order valence-electron chi connectivity index (χ0n) is 10.7. The number of aromatic nitrogens is 3. The van der Waals surface area contributed by atoms with Gasteiger partial charge in [-0.05, 0) is 19.1 Å². The van der Waals surface area contributed by atoms with Gasteiger partial charge in [0, 0.05) is 17.7 Å². The summed E-state index contributed by atoms with van der Waals surface area (Å²) in [5.74, 6) is 6.74. The van der Waals surface area contributed by atoms with E-state index in [1.54, 1.807) is 0 Å². The van der Waals surface area contributed by atoms with Crippen LogP contribution in [0.3, 0.4) is 0 Å². The highest BCUT2D eigenvalue weighted by atomic mass is 16.5. The van der Waals surface area contributed by atoms with Crippen molar-refractivity contribution in [1.29, 1.82) is 0 Å². The van der Waals surface area contributed by atoms with Crippen LogP contribution in [0.25, 0.3) is 11.5 Å². The number of anilines is 1. The van der Waals surface area contributed by atoms with E-state index in [2.05, 4.69) is 20.4 Å². The molecule has 19 heavy (non-hydrogen) atoms. The molecule has 6 heteroatoms. The molecule has 3 N–H and O–H groups in total. The number of hydrogen-bond donors (Lipinski definition) is 2. The van der Waals surface area contributed by atoms with Gasteiger partial charge >= 0.3 is 0 Å². The molecule has 1 aliphatic rings. The summed E-state index contributed by atoms with van der Waals surface area (Å²) < 4.78 is 5.41. The van der Waals surface area contributed by atoms with Gasteiger partial charge in [-0.25, -0.2) is 20.8 Å². The van der Waals surface area contributed by atoms with Gasteiger partial charge in [0.2, 0.25) is 0 Å². The van der Waals surface area contributed by atoms with Gasteiger partial charge in [0.25, 0.3) is 0 Å². The lowest BCUT2D eigenvalue weighted by molar-refractivity contribution is 0.109. The van der Waals surface area contributed by atoms with Crippen LogP contribution in [0.1, 0.15) is 17.0 Å². The number of nitrogen functional groups attached to an aromatic ring is 1. The second-order valence-electron chi connectivity index (χ2n) is 4.43. The molecule has 2 aromatic heterocycles. The molecule has 0 amide bonds. The molecule has 0 atom stereocenters. The van der Waals surface area contributed by atoms with Gasteiger partial charge in [0.15, 0.2) is 5.82 Å². The molecule has 2 aromatic rings. The van der Waals surface area contributed by atoms with Crippen molar-refractivity contribution in [3.8, 4) is 11.5 Å². The van der Waals surface area contributed by atoms with Crippen molar-refractivity contribution in [2.75, 3.05) is 12.0 Å². The molecule has 1 aliphatic heterocycles. The minimum Gasteiger partial charge on any atom is -0.376 e. The van der Waals surface area contributed by atoms with Crippen molar-refractivity contribution >= 4 is 5.82 Å². The molecule has 0 saturated heterocycles. The molecule has 6 nitrogen and oxygen atoms in total. The molecule has 0 spiro atoms. The number of hydrogen-bond acceptors (Lipinski definition) is 6. The van der Waals surface area contributed by atoms with Crippen LogP contribution in [0, 0.1) is 6.92 Å². The Morgan fingerprint density at radius 3 is 2.95 bits per heavy atom. The molecule has 0 fully saturated rings. The third-order valence-electron chi connectivity index (χ3n) is 3.08. The summed E-state index contributed by atoms with van der Waals surface area (Å²) in [5, 5.41) is 0. The Bertz CT molecular complexity index is 597. The molecule has 0 aromatic carbocycles. The van der Waals surface area contributed by atoms with E-state index < -0.39 is 0 Å². The summed E-state index contributed by atoms with van der Waals surface area (Å²) in [6.07, 6.45) is 0.769. The van der Waals surface area contributed by atoms with Gasteiger partial charge in [-0.3, -0.25) is 0 Å². The van der Waals surface area contributed by atoms with Crippen LogP contribution in [0.4, 0.5) is 5.82 Å². The molecule has 0 aliphatic carbocycles. The molecule has 3 heterocycles. The normalized spacial score (nSPS) is 14.0.